The van der Waals surface area contributed by atoms with Gasteiger partial charge in [0.05, 0.1) is 13.2 Å². The van der Waals surface area contributed by atoms with Gasteiger partial charge in [-0.15, -0.1) is 0 Å². The highest BCUT2D eigenvalue weighted by atomic mass is 16.5. The number of hydrogen-bond acceptors (Lipinski definition) is 4. The number of hydrogen-bond donors (Lipinski definition) is 2. The van der Waals surface area contributed by atoms with Crippen molar-refractivity contribution in [3.63, 3.8) is 0 Å². The SMILES string of the molecule is CCCC(NC(=O)CC(C)(C)C)C(=O)NCCN1CCOCC1. The summed E-state index contributed by atoms with van der Waals surface area (Å²) in [6, 6.07) is -0.431. The molecule has 1 aliphatic heterocycles. The first-order chi connectivity index (χ1) is 10.8. The number of morpholine rings is 1. The van der Waals surface area contributed by atoms with Crippen molar-refractivity contribution in [3.8, 4) is 0 Å². The molecule has 0 spiro atoms. The van der Waals surface area contributed by atoms with Crippen LogP contribution >= 0.6 is 0 Å². The van der Waals surface area contributed by atoms with Gasteiger partial charge in [0.25, 0.3) is 0 Å². The fourth-order valence-corrected chi connectivity index (χ4v) is 2.57. The van der Waals surface area contributed by atoms with Crippen molar-refractivity contribution in [3.05, 3.63) is 0 Å². The van der Waals surface area contributed by atoms with Crippen LogP contribution in [0.2, 0.25) is 0 Å². The summed E-state index contributed by atoms with van der Waals surface area (Å²) in [5, 5.41) is 5.83. The highest BCUT2D eigenvalue weighted by Crippen LogP contribution is 2.18. The Morgan fingerprint density at radius 1 is 1.22 bits per heavy atom. The molecule has 2 amide bonds. The van der Waals surface area contributed by atoms with E-state index in [4.69, 9.17) is 4.74 Å². The second-order valence-corrected chi connectivity index (χ2v) is 7.39. The van der Waals surface area contributed by atoms with E-state index < -0.39 is 6.04 Å². The fourth-order valence-electron chi connectivity index (χ4n) is 2.57. The minimum Gasteiger partial charge on any atom is -0.379 e. The Hall–Kier alpha value is -1.14. The van der Waals surface area contributed by atoms with Gasteiger partial charge in [0, 0.05) is 32.6 Å². The molecule has 0 aromatic heterocycles. The number of nitrogens with one attached hydrogen (secondary N) is 2. The van der Waals surface area contributed by atoms with Gasteiger partial charge < -0.3 is 15.4 Å². The Morgan fingerprint density at radius 3 is 2.43 bits per heavy atom. The van der Waals surface area contributed by atoms with Crippen LogP contribution in [0.15, 0.2) is 0 Å². The van der Waals surface area contributed by atoms with Crippen LogP contribution in [0.4, 0.5) is 0 Å². The molecule has 23 heavy (non-hydrogen) atoms. The summed E-state index contributed by atoms with van der Waals surface area (Å²) in [6.45, 7) is 12.8. The maximum Gasteiger partial charge on any atom is 0.242 e. The minimum absolute atomic E-state index is 0.0562. The Labute approximate surface area is 140 Å². The van der Waals surface area contributed by atoms with E-state index in [-0.39, 0.29) is 17.2 Å². The molecule has 0 bridgehead atoms. The number of rotatable bonds is 8. The fraction of sp³-hybridized carbons (Fsp3) is 0.882. The average molecular weight is 327 g/mol. The number of carbonyl (C=O) groups is 2. The molecular weight excluding hydrogens is 294 g/mol. The molecule has 134 valence electrons. The second kappa shape index (κ2) is 9.88. The molecule has 1 heterocycles. The van der Waals surface area contributed by atoms with E-state index >= 15 is 0 Å². The molecule has 1 atom stereocenters. The van der Waals surface area contributed by atoms with E-state index in [9.17, 15) is 9.59 Å². The molecule has 1 unspecified atom stereocenters. The number of amides is 2. The zero-order valence-electron chi connectivity index (χ0n) is 15.1. The van der Waals surface area contributed by atoms with Crippen molar-refractivity contribution in [2.75, 3.05) is 39.4 Å². The predicted molar refractivity (Wildman–Crippen MR) is 91.2 cm³/mol. The van der Waals surface area contributed by atoms with E-state index in [0.717, 1.165) is 39.3 Å². The molecule has 0 radical (unpaired) electrons. The largest absolute Gasteiger partial charge is 0.379 e. The maximum absolute atomic E-state index is 12.3. The van der Waals surface area contributed by atoms with Gasteiger partial charge in [-0.1, -0.05) is 34.1 Å². The van der Waals surface area contributed by atoms with Crippen molar-refractivity contribution in [1.29, 1.82) is 0 Å². The maximum atomic E-state index is 12.3. The molecule has 0 aliphatic carbocycles. The first kappa shape index (κ1) is 19.9. The predicted octanol–water partition coefficient (Wildman–Crippen LogP) is 1.16. The molecule has 6 nitrogen and oxygen atoms in total. The van der Waals surface area contributed by atoms with Gasteiger partial charge in [-0.25, -0.2) is 0 Å². The molecular formula is C17H33N3O3. The summed E-state index contributed by atoms with van der Waals surface area (Å²) in [5.74, 6) is -0.137. The van der Waals surface area contributed by atoms with Gasteiger partial charge in [0.15, 0.2) is 0 Å². The van der Waals surface area contributed by atoms with Crippen molar-refractivity contribution in [2.24, 2.45) is 5.41 Å². The van der Waals surface area contributed by atoms with Gasteiger partial charge in [0.2, 0.25) is 11.8 Å². The summed E-state index contributed by atoms with van der Waals surface area (Å²) >= 11 is 0. The smallest absolute Gasteiger partial charge is 0.242 e. The van der Waals surface area contributed by atoms with E-state index in [1.807, 2.05) is 27.7 Å². The van der Waals surface area contributed by atoms with Crippen molar-refractivity contribution < 1.29 is 14.3 Å². The zero-order chi connectivity index (χ0) is 17.3. The van der Waals surface area contributed by atoms with Crippen LogP contribution in [0.1, 0.15) is 47.0 Å². The quantitative estimate of drug-likeness (QED) is 0.702. The normalized spacial score (nSPS) is 17.6. The summed E-state index contributed by atoms with van der Waals surface area (Å²) in [4.78, 5) is 26.6. The lowest BCUT2D eigenvalue weighted by molar-refractivity contribution is -0.130. The molecule has 1 fully saturated rings. The average Bonchev–Trinajstić information content (AvgIpc) is 2.46. The van der Waals surface area contributed by atoms with Crippen LogP contribution in [0, 0.1) is 5.41 Å². The Morgan fingerprint density at radius 2 is 1.87 bits per heavy atom. The summed E-state index contributed by atoms with van der Waals surface area (Å²) in [7, 11) is 0. The number of nitrogens with zero attached hydrogens (tertiary/aromatic N) is 1. The van der Waals surface area contributed by atoms with E-state index in [1.54, 1.807) is 0 Å². The third-order valence-corrected chi connectivity index (χ3v) is 3.75. The zero-order valence-corrected chi connectivity index (χ0v) is 15.1. The third kappa shape index (κ3) is 8.91. The number of ether oxygens (including phenoxy) is 1. The Bertz CT molecular complexity index is 374. The van der Waals surface area contributed by atoms with E-state index in [1.165, 1.54) is 0 Å². The second-order valence-electron chi connectivity index (χ2n) is 7.39. The van der Waals surface area contributed by atoms with Crippen molar-refractivity contribution in [2.45, 2.75) is 53.0 Å². The van der Waals surface area contributed by atoms with Crippen LogP contribution in [-0.2, 0) is 14.3 Å². The number of carbonyl (C=O) groups excluding carboxylic acids is 2. The van der Waals surface area contributed by atoms with Crippen LogP contribution in [-0.4, -0.2) is 62.1 Å². The van der Waals surface area contributed by atoms with Gasteiger partial charge in [0.1, 0.15) is 6.04 Å². The third-order valence-electron chi connectivity index (χ3n) is 3.75. The highest BCUT2D eigenvalue weighted by molar-refractivity contribution is 5.87. The van der Waals surface area contributed by atoms with Crippen LogP contribution in [0.3, 0.4) is 0 Å². The molecule has 1 aliphatic rings. The first-order valence-corrected chi connectivity index (χ1v) is 8.69. The van der Waals surface area contributed by atoms with Gasteiger partial charge in [-0.05, 0) is 11.8 Å². The molecule has 0 saturated carbocycles. The molecule has 0 aromatic rings. The van der Waals surface area contributed by atoms with Crippen LogP contribution in [0.5, 0.6) is 0 Å². The van der Waals surface area contributed by atoms with Gasteiger partial charge >= 0.3 is 0 Å². The van der Waals surface area contributed by atoms with E-state index in [0.29, 0.717) is 19.4 Å². The van der Waals surface area contributed by atoms with Crippen LogP contribution in [0.25, 0.3) is 0 Å². The van der Waals surface area contributed by atoms with E-state index in [2.05, 4.69) is 15.5 Å². The Balaban J connectivity index is 2.36. The lowest BCUT2D eigenvalue weighted by Gasteiger charge is -2.27. The molecule has 1 rings (SSSR count). The summed E-state index contributed by atoms with van der Waals surface area (Å²) < 4.78 is 5.30. The molecule has 0 aromatic carbocycles. The van der Waals surface area contributed by atoms with Gasteiger partial charge in [-0.3, -0.25) is 14.5 Å². The van der Waals surface area contributed by atoms with Crippen LogP contribution < -0.4 is 10.6 Å². The topological polar surface area (TPSA) is 70.7 Å². The van der Waals surface area contributed by atoms with Gasteiger partial charge in [-0.2, -0.15) is 0 Å². The first-order valence-electron chi connectivity index (χ1n) is 8.69. The summed E-state index contributed by atoms with van der Waals surface area (Å²) in [6.07, 6.45) is 1.95. The standard InChI is InChI=1S/C17H33N3O3/c1-5-6-14(19-15(21)13-17(2,3)4)16(22)18-7-8-20-9-11-23-12-10-20/h14H,5-13H2,1-4H3,(H,18,22)(H,19,21). The van der Waals surface area contributed by atoms with Crippen molar-refractivity contribution >= 4 is 11.8 Å². The minimum atomic E-state index is -0.431. The molecule has 2 N–H and O–H groups in total. The highest BCUT2D eigenvalue weighted by Gasteiger charge is 2.23. The monoisotopic (exact) mass is 327 g/mol. The molecule has 1 saturated heterocycles. The lowest BCUT2D eigenvalue weighted by atomic mass is 9.92. The van der Waals surface area contributed by atoms with Crippen molar-refractivity contribution in [1.82, 2.24) is 15.5 Å². The summed E-state index contributed by atoms with van der Waals surface area (Å²) in [5.41, 5.74) is -0.0757. The Kier molecular flexibility index (Phi) is 8.55. The lowest BCUT2D eigenvalue weighted by Crippen LogP contribution is -2.49. The molecule has 6 heteroatoms.